The van der Waals surface area contributed by atoms with Crippen LogP contribution < -0.4 is 10.6 Å². The van der Waals surface area contributed by atoms with Crippen LogP contribution in [0, 0.1) is 0 Å². The smallest absolute Gasteiger partial charge is 0.277 e. The number of nitrogens with one attached hydrogen (secondary N) is 2. The van der Waals surface area contributed by atoms with Gasteiger partial charge >= 0.3 is 0 Å². The maximum Gasteiger partial charge on any atom is 0.277 e. The molecule has 0 radical (unpaired) electrons. The van der Waals surface area contributed by atoms with Crippen LogP contribution in [-0.2, 0) is 6.54 Å². The highest BCUT2D eigenvalue weighted by atomic mass is 32.1. The van der Waals surface area contributed by atoms with E-state index in [0.717, 1.165) is 35.9 Å². The standard InChI is InChI=1S/C12H14N4OS/c1-2-13-7-9-5-3-4-6-10(9)14-12(17)11-8-18-16-15-11/h3-6,8,13H,2,7H2,1H3,(H,14,17). The summed E-state index contributed by atoms with van der Waals surface area (Å²) in [4.78, 5) is 11.9. The zero-order valence-electron chi connectivity index (χ0n) is 10.0. The van der Waals surface area contributed by atoms with Crippen LogP contribution >= 0.6 is 11.5 Å². The molecule has 1 heterocycles. The molecule has 6 heteroatoms. The van der Waals surface area contributed by atoms with E-state index in [1.807, 2.05) is 31.2 Å². The lowest BCUT2D eigenvalue weighted by molar-refractivity contribution is 0.102. The normalized spacial score (nSPS) is 10.3. The van der Waals surface area contributed by atoms with E-state index < -0.39 is 0 Å². The topological polar surface area (TPSA) is 66.9 Å². The van der Waals surface area contributed by atoms with Crippen molar-refractivity contribution < 1.29 is 4.79 Å². The van der Waals surface area contributed by atoms with Gasteiger partial charge in [-0.1, -0.05) is 29.6 Å². The molecule has 0 fully saturated rings. The van der Waals surface area contributed by atoms with Gasteiger partial charge in [0.15, 0.2) is 5.69 Å². The van der Waals surface area contributed by atoms with Crippen molar-refractivity contribution in [1.29, 1.82) is 0 Å². The molecule has 0 aliphatic rings. The fourth-order valence-corrected chi connectivity index (χ4v) is 1.94. The van der Waals surface area contributed by atoms with Crippen LogP contribution in [0.5, 0.6) is 0 Å². The van der Waals surface area contributed by atoms with Gasteiger partial charge in [-0.15, -0.1) is 5.10 Å². The molecule has 2 N–H and O–H groups in total. The lowest BCUT2D eigenvalue weighted by Crippen LogP contribution is -2.17. The monoisotopic (exact) mass is 262 g/mol. The molecule has 0 bridgehead atoms. The number of carbonyl (C=O) groups excluding carboxylic acids is 1. The molecule has 1 amide bonds. The number of rotatable bonds is 5. The first kappa shape index (κ1) is 12.7. The molecule has 0 spiro atoms. The molecule has 1 aromatic heterocycles. The molecule has 1 aromatic carbocycles. The van der Waals surface area contributed by atoms with Crippen molar-refractivity contribution in [2.24, 2.45) is 0 Å². The molecule has 94 valence electrons. The van der Waals surface area contributed by atoms with Crippen molar-refractivity contribution >= 4 is 23.1 Å². The van der Waals surface area contributed by atoms with Crippen LogP contribution in [-0.4, -0.2) is 22.0 Å². The molecule has 18 heavy (non-hydrogen) atoms. The van der Waals surface area contributed by atoms with Crippen molar-refractivity contribution in [3.63, 3.8) is 0 Å². The summed E-state index contributed by atoms with van der Waals surface area (Å²) in [5.74, 6) is -0.229. The second-order valence-electron chi connectivity index (χ2n) is 3.68. The second kappa shape index (κ2) is 6.23. The number of aromatic nitrogens is 2. The first-order chi connectivity index (χ1) is 8.81. The highest BCUT2D eigenvalue weighted by molar-refractivity contribution is 7.03. The predicted molar refractivity (Wildman–Crippen MR) is 71.7 cm³/mol. The van der Waals surface area contributed by atoms with Crippen molar-refractivity contribution in [2.45, 2.75) is 13.5 Å². The maximum atomic E-state index is 11.9. The molecule has 0 aliphatic heterocycles. The van der Waals surface area contributed by atoms with Gasteiger partial charge in [0.25, 0.3) is 5.91 Å². The van der Waals surface area contributed by atoms with Crippen molar-refractivity contribution in [2.75, 3.05) is 11.9 Å². The molecule has 0 saturated heterocycles. The summed E-state index contributed by atoms with van der Waals surface area (Å²) in [6, 6.07) is 7.71. The highest BCUT2D eigenvalue weighted by Crippen LogP contribution is 2.15. The van der Waals surface area contributed by atoms with Gasteiger partial charge in [-0.2, -0.15) is 0 Å². The van der Waals surface area contributed by atoms with Crippen LogP contribution in [0.2, 0.25) is 0 Å². The Labute approximate surface area is 109 Å². The van der Waals surface area contributed by atoms with E-state index in [2.05, 4.69) is 20.2 Å². The fourth-order valence-electron chi connectivity index (χ4n) is 1.51. The third-order valence-corrected chi connectivity index (χ3v) is 2.93. The van der Waals surface area contributed by atoms with Gasteiger partial charge in [-0.05, 0) is 29.7 Å². The van der Waals surface area contributed by atoms with Gasteiger partial charge in [0.2, 0.25) is 0 Å². The molecule has 2 rings (SSSR count). The summed E-state index contributed by atoms with van der Waals surface area (Å²) in [5.41, 5.74) is 2.20. The minimum absolute atomic E-state index is 0.229. The molecule has 0 aliphatic carbocycles. The van der Waals surface area contributed by atoms with Gasteiger partial charge in [-0.3, -0.25) is 4.79 Å². The number of hydrogen-bond acceptors (Lipinski definition) is 5. The second-order valence-corrected chi connectivity index (χ2v) is 4.29. The minimum Gasteiger partial charge on any atom is -0.320 e. The Bertz CT molecular complexity index is 513. The van der Waals surface area contributed by atoms with Crippen LogP contribution in [0.4, 0.5) is 5.69 Å². The number of carbonyl (C=O) groups is 1. The molecular weight excluding hydrogens is 248 g/mol. The number of anilines is 1. The van der Waals surface area contributed by atoms with Gasteiger partial charge in [-0.25, -0.2) is 0 Å². The van der Waals surface area contributed by atoms with E-state index >= 15 is 0 Å². The van der Waals surface area contributed by atoms with E-state index in [1.165, 1.54) is 0 Å². The zero-order chi connectivity index (χ0) is 12.8. The van der Waals surface area contributed by atoms with Gasteiger partial charge < -0.3 is 10.6 Å². The molecule has 2 aromatic rings. The van der Waals surface area contributed by atoms with Crippen LogP contribution in [0.25, 0.3) is 0 Å². The number of nitrogens with zero attached hydrogens (tertiary/aromatic N) is 2. The Morgan fingerprint density at radius 2 is 2.22 bits per heavy atom. The predicted octanol–water partition coefficient (Wildman–Crippen LogP) is 1.90. The summed E-state index contributed by atoms with van der Waals surface area (Å²) >= 11 is 1.16. The van der Waals surface area contributed by atoms with Gasteiger partial charge in [0, 0.05) is 17.6 Å². The number of para-hydroxylation sites is 1. The number of hydrogen-bond donors (Lipinski definition) is 2. The zero-order valence-corrected chi connectivity index (χ0v) is 10.8. The quantitative estimate of drug-likeness (QED) is 0.863. The largest absolute Gasteiger partial charge is 0.320 e. The summed E-state index contributed by atoms with van der Waals surface area (Å²) in [6.45, 7) is 3.66. The lowest BCUT2D eigenvalue weighted by Gasteiger charge is -2.10. The van der Waals surface area contributed by atoms with E-state index in [4.69, 9.17) is 0 Å². The van der Waals surface area contributed by atoms with E-state index in [0.29, 0.717) is 5.69 Å². The fraction of sp³-hybridized carbons (Fsp3) is 0.250. The Morgan fingerprint density at radius 3 is 2.94 bits per heavy atom. The van der Waals surface area contributed by atoms with Crippen LogP contribution in [0.15, 0.2) is 29.6 Å². The van der Waals surface area contributed by atoms with Gasteiger partial charge in [0.1, 0.15) is 0 Å². The summed E-state index contributed by atoms with van der Waals surface area (Å²) in [5, 5.41) is 11.5. The van der Waals surface area contributed by atoms with Crippen LogP contribution in [0.3, 0.4) is 0 Å². The molecule has 0 saturated carbocycles. The number of benzene rings is 1. The third kappa shape index (κ3) is 3.12. The lowest BCUT2D eigenvalue weighted by atomic mass is 10.1. The Morgan fingerprint density at radius 1 is 1.39 bits per heavy atom. The average Bonchev–Trinajstić information content (AvgIpc) is 2.91. The maximum absolute atomic E-state index is 11.9. The molecule has 0 atom stereocenters. The third-order valence-electron chi connectivity index (χ3n) is 2.42. The Balaban J connectivity index is 2.11. The highest BCUT2D eigenvalue weighted by Gasteiger charge is 2.10. The first-order valence-electron chi connectivity index (χ1n) is 5.68. The van der Waals surface area contributed by atoms with Gasteiger partial charge in [0.05, 0.1) is 0 Å². The van der Waals surface area contributed by atoms with E-state index in [9.17, 15) is 4.79 Å². The molecule has 0 unspecified atom stereocenters. The summed E-state index contributed by atoms with van der Waals surface area (Å²) < 4.78 is 3.68. The summed E-state index contributed by atoms with van der Waals surface area (Å²) in [7, 11) is 0. The van der Waals surface area contributed by atoms with E-state index in [-0.39, 0.29) is 5.91 Å². The Hall–Kier alpha value is -1.79. The van der Waals surface area contributed by atoms with Crippen molar-refractivity contribution in [3.8, 4) is 0 Å². The van der Waals surface area contributed by atoms with Crippen molar-refractivity contribution in [1.82, 2.24) is 14.9 Å². The Kier molecular flexibility index (Phi) is 4.38. The number of amides is 1. The average molecular weight is 262 g/mol. The minimum atomic E-state index is -0.229. The van der Waals surface area contributed by atoms with Crippen molar-refractivity contribution in [3.05, 3.63) is 40.9 Å². The first-order valence-corrected chi connectivity index (χ1v) is 6.52. The van der Waals surface area contributed by atoms with Crippen LogP contribution in [0.1, 0.15) is 23.0 Å². The summed E-state index contributed by atoms with van der Waals surface area (Å²) in [6.07, 6.45) is 0. The van der Waals surface area contributed by atoms with E-state index in [1.54, 1.807) is 5.38 Å². The SMILES string of the molecule is CCNCc1ccccc1NC(=O)c1csnn1. The molecule has 5 nitrogen and oxygen atoms in total. The molecular formula is C12H14N4OS.